The Balaban J connectivity index is 1.36. The van der Waals surface area contributed by atoms with Crippen molar-refractivity contribution in [2.75, 3.05) is 32.9 Å². The molecule has 1 aromatic heterocycles. The van der Waals surface area contributed by atoms with Crippen LogP contribution in [0.15, 0.2) is 12.3 Å². The summed E-state index contributed by atoms with van der Waals surface area (Å²) in [7, 11) is 1.96. The quantitative estimate of drug-likeness (QED) is 0.842. The molecule has 1 amide bonds. The molecule has 7 heteroatoms. The lowest BCUT2D eigenvalue weighted by Gasteiger charge is -2.23. The Morgan fingerprint density at radius 1 is 1.32 bits per heavy atom. The number of hydrogen-bond acceptors (Lipinski definition) is 5. The van der Waals surface area contributed by atoms with Crippen LogP contribution in [0.5, 0.6) is 0 Å². The predicted octanol–water partition coefficient (Wildman–Crippen LogP) is 0.552. The Morgan fingerprint density at radius 2 is 2.16 bits per heavy atom. The molecule has 4 rings (SSSR count). The summed E-state index contributed by atoms with van der Waals surface area (Å²) in [5, 5.41) is 7.43. The molecule has 0 saturated carbocycles. The van der Waals surface area contributed by atoms with E-state index < -0.39 is 0 Å². The zero-order valence-corrected chi connectivity index (χ0v) is 14.9. The number of hydrogen-bond donors (Lipinski definition) is 1. The number of nitrogens with one attached hydrogen (secondary N) is 1. The zero-order chi connectivity index (χ0) is 17.2. The first-order chi connectivity index (χ1) is 12.2. The summed E-state index contributed by atoms with van der Waals surface area (Å²) in [4.78, 5) is 15.2. The van der Waals surface area contributed by atoms with E-state index in [0.717, 1.165) is 58.7 Å². The van der Waals surface area contributed by atoms with Gasteiger partial charge in [-0.2, -0.15) is 5.10 Å². The summed E-state index contributed by atoms with van der Waals surface area (Å²) in [5.74, 6) is 0.626. The van der Waals surface area contributed by atoms with Gasteiger partial charge in [0.15, 0.2) is 0 Å². The zero-order valence-electron chi connectivity index (χ0n) is 14.9. The fraction of sp³-hybridized carbons (Fsp3) is 0.778. The van der Waals surface area contributed by atoms with Crippen LogP contribution >= 0.6 is 0 Å². The Bertz CT molecular complexity index is 599. The summed E-state index contributed by atoms with van der Waals surface area (Å²) in [6.45, 7) is 4.73. The first-order valence-electron chi connectivity index (χ1n) is 9.40. The van der Waals surface area contributed by atoms with Gasteiger partial charge < -0.3 is 14.8 Å². The molecule has 3 aliphatic heterocycles. The highest BCUT2D eigenvalue weighted by Crippen LogP contribution is 2.34. The number of fused-ring (bicyclic) bond motifs is 1. The summed E-state index contributed by atoms with van der Waals surface area (Å²) >= 11 is 0. The van der Waals surface area contributed by atoms with Crippen LogP contribution in [-0.2, 0) is 27.9 Å². The summed E-state index contributed by atoms with van der Waals surface area (Å²) in [5.41, 5.74) is 1.17. The van der Waals surface area contributed by atoms with Crippen LogP contribution in [0.1, 0.15) is 25.0 Å². The molecule has 0 bridgehead atoms. The van der Waals surface area contributed by atoms with Crippen molar-refractivity contribution in [2.45, 2.75) is 38.0 Å². The number of likely N-dealkylation sites (tertiary alicyclic amines) is 1. The van der Waals surface area contributed by atoms with Crippen LogP contribution in [-0.4, -0.2) is 65.6 Å². The molecule has 138 valence electrons. The lowest BCUT2D eigenvalue weighted by atomic mass is 9.98. The molecular weight excluding hydrogens is 320 g/mol. The minimum absolute atomic E-state index is 0.0305. The highest BCUT2D eigenvalue weighted by molar-refractivity contribution is 5.80. The van der Waals surface area contributed by atoms with Gasteiger partial charge in [0.25, 0.3) is 0 Å². The molecule has 3 atom stereocenters. The maximum absolute atomic E-state index is 12.8. The molecule has 1 N–H and O–H groups in total. The van der Waals surface area contributed by atoms with Gasteiger partial charge >= 0.3 is 0 Å². The van der Waals surface area contributed by atoms with Gasteiger partial charge in [-0.15, -0.1) is 0 Å². The smallest absolute Gasteiger partial charge is 0.227 e. The minimum atomic E-state index is -0.0689. The van der Waals surface area contributed by atoms with Gasteiger partial charge in [0.1, 0.15) is 0 Å². The Kier molecular flexibility index (Phi) is 5.05. The van der Waals surface area contributed by atoms with Gasteiger partial charge in [-0.3, -0.25) is 14.4 Å². The first-order valence-corrected chi connectivity index (χ1v) is 9.40. The van der Waals surface area contributed by atoms with Gasteiger partial charge in [0.2, 0.25) is 5.91 Å². The highest BCUT2D eigenvalue weighted by Gasteiger charge is 2.48. The van der Waals surface area contributed by atoms with E-state index in [-0.39, 0.29) is 17.9 Å². The van der Waals surface area contributed by atoms with Crippen molar-refractivity contribution in [1.82, 2.24) is 20.0 Å². The maximum Gasteiger partial charge on any atom is 0.227 e. The van der Waals surface area contributed by atoms with E-state index in [0.29, 0.717) is 12.0 Å². The highest BCUT2D eigenvalue weighted by atomic mass is 16.5. The monoisotopic (exact) mass is 348 g/mol. The summed E-state index contributed by atoms with van der Waals surface area (Å²) in [6, 6.07) is 2.39. The van der Waals surface area contributed by atoms with Gasteiger partial charge in [0.05, 0.1) is 17.7 Å². The SMILES string of the molecule is Cn1nccc1CN1C[C@H](C(=O)NCC2CCOCC2)[C@H]2OCC[C@H]21. The van der Waals surface area contributed by atoms with E-state index in [4.69, 9.17) is 9.47 Å². The lowest BCUT2D eigenvalue weighted by Crippen LogP contribution is -2.40. The van der Waals surface area contributed by atoms with E-state index in [2.05, 4.69) is 15.3 Å². The average Bonchev–Trinajstić information content (AvgIpc) is 3.33. The van der Waals surface area contributed by atoms with Crippen LogP contribution < -0.4 is 5.32 Å². The lowest BCUT2D eigenvalue weighted by molar-refractivity contribution is -0.128. The topological polar surface area (TPSA) is 68.6 Å². The molecule has 0 radical (unpaired) electrons. The number of carbonyl (C=O) groups is 1. The van der Waals surface area contributed by atoms with E-state index in [1.807, 2.05) is 24.0 Å². The number of rotatable bonds is 5. The number of aryl methyl sites for hydroxylation is 1. The largest absolute Gasteiger partial charge is 0.381 e. The summed E-state index contributed by atoms with van der Waals surface area (Å²) in [6.07, 6.45) is 4.95. The van der Waals surface area contributed by atoms with E-state index in [1.54, 1.807) is 0 Å². The first kappa shape index (κ1) is 17.0. The maximum atomic E-state index is 12.8. The van der Waals surface area contributed by atoms with E-state index in [9.17, 15) is 4.79 Å². The average molecular weight is 348 g/mol. The second-order valence-electron chi connectivity index (χ2n) is 7.47. The molecule has 3 saturated heterocycles. The fourth-order valence-electron chi connectivity index (χ4n) is 4.37. The van der Waals surface area contributed by atoms with Crippen molar-refractivity contribution in [3.63, 3.8) is 0 Å². The van der Waals surface area contributed by atoms with Crippen molar-refractivity contribution < 1.29 is 14.3 Å². The van der Waals surface area contributed by atoms with E-state index in [1.165, 1.54) is 5.69 Å². The number of amides is 1. The van der Waals surface area contributed by atoms with Crippen molar-refractivity contribution in [3.8, 4) is 0 Å². The molecule has 0 spiro atoms. The second kappa shape index (κ2) is 7.43. The van der Waals surface area contributed by atoms with Gasteiger partial charge in [-0.1, -0.05) is 0 Å². The number of nitrogens with zero attached hydrogens (tertiary/aromatic N) is 3. The minimum Gasteiger partial charge on any atom is -0.381 e. The molecule has 0 unspecified atom stereocenters. The Morgan fingerprint density at radius 3 is 2.92 bits per heavy atom. The van der Waals surface area contributed by atoms with Gasteiger partial charge in [-0.25, -0.2) is 0 Å². The predicted molar refractivity (Wildman–Crippen MR) is 91.8 cm³/mol. The molecule has 3 fully saturated rings. The molecule has 1 aromatic rings. The fourth-order valence-corrected chi connectivity index (χ4v) is 4.37. The number of ether oxygens (including phenoxy) is 2. The van der Waals surface area contributed by atoms with Gasteiger partial charge in [-0.05, 0) is 31.2 Å². The van der Waals surface area contributed by atoms with E-state index >= 15 is 0 Å². The third kappa shape index (κ3) is 3.59. The van der Waals surface area contributed by atoms with Crippen LogP contribution in [0.2, 0.25) is 0 Å². The molecule has 0 aromatic carbocycles. The molecule has 0 aliphatic carbocycles. The van der Waals surface area contributed by atoms with Crippen LogP contribution in [0.3, 0.4) is 0 Å². The normalized spacial score (nSPS) is 30.5. The second-order valence-corrected chi connectivity index (χ2v) is 7.47. The molecule has 7 nitrogen and oxygen atoms in total. The van der Waals surface area contributed by atoms with Crippen molar-refractivity contribution >= 4 is 5.91 Å². The molecule has 4 heterocycles. The molecule has 3 aliphatic rings. The van der Waals surface area contributed by atoms with Crippen LogP contribution in [0.25, 0.3) is 0 Å². The third-order valence-corrected chi connectivity index (χ3v) is 5.93. The summed E-state index contributed by atoms with van der Waals surface area (Å²) < 4.78 is 13.2. The van der Waals surface area contributed by atoms with Crippen molar-refractivity contribution in [1.29, 1.82) is 0 Å². The van der Waals surface area contributed by atoms with Crippen molar-refractivity contribution in [2.24, 2.45) is 18.9 Å². The molecule has 25 heavy (non-hydrogen) atoms. The number of aromatic nitrogens is 2. The third-order valence-electron chi connectivity index (χ3n) is 5.93. The van der Waals surface area contributed by atoms with Crippen LogP contribution in [0, 0.1) is 11.8 Å². The van der Waals surface area contributed by atoms with Crippen molar-refractivity contribution in [3.05, 3.63) is 18.0 Å². The van der Waals surface area contributed by atoms with Crippen LogP contribution in [0.4, 0.5) is 0 Å². The standard InChI is InChI=1S/C18H28N4O3/c1-21-14(2-6-20-21)11-22-12-15(17-16(22)5-9-25-17)18(23)19-10-13-3-7-24-8-4-13/h2,6,13,15-17H,3-5,7-12H2,1H3,(H,19,23)/t15-,16+,17+/m0/s1. The number of carbonyl (C=O) groups excluding carboxylic acids is 1. The molecular formula is C18H28N4O3. The Labute approximate surface area is 148 Å². The van der Waals surface area contributed by atoms with Gasteiger partial charge in [0, 0.05) is 58.7 Å². The Hall–Kier alpha value is -1.44.